The van der Waals surface area contributed by atoms with E-state index in [9.17, 15) is 37.9 Å². The molecular formula is C49H86O12S. The van der Waals surface area contributed by atoms with Crippen LogP contribution in [-0.2, 0) is 38.7 Å². The molecule has 1 rings (SSSR count). The second-order valence-electron chi connectivity index (χ2n) is 16.8. The molecule has 12 nitrogen and oxygen atoms in total. The van der Waals surface area contributed by atoms with Crippen LogP contribution < -0.4 is 0 Å². The minimum Gasteiger partial charge on any atom is -0.462 e. The number of hydrogen-bond donors (Lipinski definition) is 4. The number of carbonyl (C=O) groups is 2. The van der Waals surface area contributed by atoms with Gasteiger partial charge in [-0.1, -0.05) is 159 Å². The van der Waals surface area contributed by atoms with Gasteiger partial charge in [0.1, 0.15) is 36.8 Å². The number of allylic oxidation sites excluding steroid dienone is 8. The highest BCUT2D eigenvalue weighted by Crippen LogP contribution is 2.24. The van der Waals surface area contributed by atoms with E-state index < -0.39 is 71.2 Å². The largest absolute Gasteiger partial charge is 0.462 e. The van der Waals surface area contributed by atoms with Gasteiger partial charge < -0.3 is 34.3 Å². The Morgan fingerprint density at radius 2 is 0.984 bits per heavy atom. The van der Waals surface area contributed by atoms with Crippen molar-refractivity contribution in [1.82, 2.24) is 0 Å². The standard InChI is InChI=1S/C49H86O12S/c1-3-5-7-9-11-13-15-17-19-21-23-25-27-29-31-33-35-37-44(50)58-39-42(40-59-49-48(54)47(53)46(52)43(61-49)41-62(55,56)57)60-45(51)38-36-34-32-30-28-26-24-22-20-18-16-14-12-10-8-6-4-2/h13,15,18,20,24,26,30,32,42-43,46-49,52-54H,3-12,14,16-17,19,21-23,25,27-29,31,33-41H2,1-2H3,(H,55,56,57)/b15-13+,20-18+,26-24+,32-30+/t42-,43-,46-,47?,48?,49+/m1/s1. The van der Waals surface area contributed by atoms with Crippen LogP contribution in [0.25, 0.3) is 0 Å². The van der Waals surface area contributed by atoms with Crippen molar-refractivity contribution in [2.24, 2.45) is 0 Å². The molecule has 0 bridgehead atoms. The van der Waals surface area contributed by atoms with Crippen LogP contribution in [0.3, 0.4) is 0 Å². The highest BCUT2D eigenvalue weighted by molar-refractivity contribution is 7.85. The fourth-order valence-electron chi connectivity index (χ4n) is 7.10. The maximum atomic E-state index is 12.8. The van der Waals surface area contributed by atoms with E-state index in [0.717, 1.165) is 38.5 Å². The zero-order valence-electron chi connectivity index (χ0n) is 38.5. The van der Waals surface area contributed by atoms with E-state index in [1.54, 1.807) is 0 Å². The van der Waals surface area contributed by atoms with Gasteiger partial charge in [0.05, 0.1) is 6.61 Å². The predicted octanol–water partition coefficient (Wildman–Crippen LogP) is 10.3. The Hall–Kier alpha value is -2.39. The zero-order chi connectivity index (χ0) is 45.5. The number of aliphatic hydroxyl groups is 3. The zero-order valence-corrected chi connectivity index (χ0v) is 39.3. The smallest absolute Gasteiger partial charge is 0.306 e. The molecule has 0 saturated carbocycles. The van der Waals surface area contributed by atoms with Crippen LogP contribution in [0.2, 0.25) is 0 Å². The molecule has 1 fully saturated rings. The summed E-state index contributed by atoms with van der Waals surface area (Å²) in [6.07, 6.45) is 37.3. The van der Waals surface area contributed by atoms with Crippen LogP contribution in [0.4, 0.5) is 0 Å². The van der Waals surface area contributed by atoms with Crippen molar-refractivity contribution >= 4 is 22.1 Å². The summed E-state index contributed by atoms with van der Waals surface area (Å²) >= 11 is 0. The quantitative estimate of drug-likeness (QED) is 0.0198. The lowest BCUT2D eigenvalue weighted by Crippen LogP contribution is -2.60. The summed E-state index contributed by atoms with van der Waals surface area (Å²) in [6.45, 7) is 3.71. The van der Waals surface area contributed by atoms with Gasteiger partial charge in [0.2, 0.25) is 0 Å². The second kappa shape index (κ2) is 39.0. The number of esters is 2. The monoisotopic (exact) mass is 899 g/mol. The molecule has 6 atom stereocenters. The first-order chi connectivity index (χ1) is 30.0. The van der Waals surface area contributed by atoms with Gasteiger partial charge in [0.25, 0.3) is 10.1 Å². The molecule has 13 heteroatoms. The van der Waals surface area contributed by atoms with Gasteiger partial charge in [-0.15, -0.1) is 0 Å². The van der Waals surface area contributed by atoms with Crippen molar-refractivity contribution < 1.29 is 56.8 Å². The van der Waals surface area contributed by atoms with Crippen molar-refractivity contribution in [1.29, 1.82) is 0 Å². The van der Waals surface area contributed by atoms with Crippen LogP contribution in [0.1, 0.15) is 194 Å². The first-order valence-corrected chi connectivity index (χ1v) is 25.8. The number of ether oxygens (including phenoxy) is 4. The summed E-state index contributed by atoms with van der Waals surface area (Å²) in [5.74, 6) is -2.05. The molecule has 360 valence electrons. The molecule has 0 spiro atoms. The van der Waals surface area contributed by atoms with Gasteiger partial charge in [-0.25, -0.2) is 0 Å². The minimum absolute atomic E-state index is 0.0918. The number of hydrogen-bond acceptors (Lipinski definition) is 11. The van der Waals surface area contributed by atoms with E-state index in [1.807, 2.05) is 12.2 Å². The molecule has 0 aromatic heterocycles. The van der Waals surface area contributed by atoms with Crippen molar-refractivity contribution in [2.45, 2.75) is 230 Å². The predicted molar refractivity (Wildman–Crippen MR) is 247 cm³/mol. The maximum absolute atomic E-state index is 12.8. The lowest BCUT2D eigenvalue weighted by Gasteiger charge is -2.40. The molecule has 62 heavy (non-hydrogen) atoms. The van der Waals surface area contributed by atoms with Crippen molar-refractivity contribution in [3.8, 4) is 0 Å². The van der Waals surface area contributed by atoms with Gasteiger partial charge in [-0.2, -0.15) is 8.42 Å². The highest BCUT2D eigenvalue weighted by atomic mass is 32.2. The Kier molecular flexibility index (Phi) is 36.3. The molecule has 2 unspecified atom stereocenters. The van der Waals surface area contributed by atoms with Gasteiger partial charge >= 0.3 is 11.9 Å². The second-order valence-corrected chi connectivity index (χ2v) is 18.3. The normalized spacial score (nSPS) is 20.3. The lowest BCUT2D eigenvalue weighted by molar-refractivity contribution is -0.297. The van der Waals surface area contributed by atoms with E-state index in [4.69, 9.17) is 18.9 Å². The number of carbonyl (C=O) groups excluding carboxylic acids is 2. The van der Waals surface area contributed by atoms with E-state index in [1.165, 1.54) is 109 Å². The molecule has 0 aliphatic carbocycles. The summed E-state index contributed by atoms with van der Waals surface area (Å²) in [4.78, 5) is 25.4. The first-order valence-electron chi connectivity index (χ1n) is 24.2. The topological polar surface area (TPSA) is 186 Å². The Morgan fingerprint density at radius 1 is 0.548 bits per heavy atom. The molecule has 0 aromatic rings. The Bertz CT molecular complexity index is 1330. The van der Waals surface area contributed by atoms with E-state index in [2.05, 4.69) is 50.3 Å². The fourth-order valence-corrected chi connectivity index (χ4v) is 7.79. The highest BCUT2D eigenvalue weighted by Gasteiger charge is 2.46. The third-order valence-corrected chi connectivity index (χ3v) is 11.6. The van der Waals surface area contributed by atoms with Crippen molar-refractivity contribution in [3.63, 3.8) is 0 Å². The molecule has 1 heterocycles. The Balaban J connectivity index is 2.45. The molecular weight excluding hydrogens is 813 g/mol. The van der Waals surface area contributed by atoms with E-state index >= 15 is 0 Å². The molecule has 1 aliphatic heterocycles. The summed E-state index contributed by atoms with van der Waals surface area (Å²) in [6, 6.07) is 0. The SMILES string of the molecule is CCCCCC/C=C/CCCCCCCCCCCC(=O)OC[C@H](CO[C@H]1O[C@H](CS(=O)(=O)O)[C@@H](O)C(O)C1O)OC(=O)CCC/C=C/C/C=C/C/C=C/CCCCCCCC. The summed E-state index contributed by atoms with van der Waals surface area (Å²) in [7, 11) is -4.61. The van der Waals surface area contributed by atoms with Gasteiger partial charge in [-0.05, 0) is 70.6 Å². The van der Waals surface area contributed by atoms with Crippen LogP contribution in [-0.4, -0.2) is 96.0 Å². The third-order valence-electron chi connectivity index (χ3n) is 10.9. The number of aliphatic hydroxyl groups excluding tert-OH is 3. The molecule has 0 radical (unpaired) electrons. The Labute approximate surface area is 375 Å². The molecule has 0 aromatic carbocycles. The van der Waals surface area contributed by atoms with Crippen molar-refractivity contribution in [3.05, 3.63) is 48.6 Å². The third kappa shape index (κ3) is 33.2. The molecule has 1 aliphatic rings. The van der Waals surface area contributed by atoms with E-state index in [0.29, 0.717) is 19.3 Å². The van der Waals surface area contributed by atoms with Gasteiger partial charge in [0, 0.05) is 12.8 Å². The van der Waals surface area contributed by atoms with Crippen LogP contribution >= 0.6 is 0 Å². The average molecular weight is 899 g/mol. The lowest BCUT2D eigenvalue weighted by atomic mass is 10.00. The fraction of sp³-hybridized carbons (Fsp3) is 0.796. The molecule has 4 N–H and O–H groups in total. The Morgan fingerprint density at radius 3 is 1.52 bits per heavy atom. The average Bonchev–Trinajstić information content (AvgIpc) is 3.24. The van der Waals surface area contributed by atoms with Gasteiger partial charge in [0.15, 0.2) is 12.4 Å². The van der Waals surface area contributed by atoms with Crippen molar-refractivity contribution in [2.75, 3.05) is 19.0 Å². The molecule has 0 amide bonds. The summed E-state index contributed by atoms with van der Waals surface area (Å²) < 4.78 is 54.1. The van der Waals surface area contributed by atoms with Crippen LogP contribution in [0.5, 0.6) is 0 Å². The summed E-state index contributed by atoms with van der Waals surface area (Å²) in [5.41, 5.74) is 0. The maximum Gasteiger partial charge on any atom is 0.306 e. The number of rotatable bonds is 40. The molecule has 1 saturated heterocycles. The van der Waals surface area contributed by atoms with Crippen LogP contribution in [0.15, 0.2) is 48.6 Å². The first kappa shape index (κ1) is 57.6. The summed E-state index contributed by atoms with van der Waals surface area (Å²) in [5, 5.41) is 30.9. The van der Waals surface area contributed by atoms with E-state index in [-0.39, 0.29) is 19.4 Å². The van der Waals surface area contributed by atoms with Gasteiger partial charge in [-0.3, -0.25) is 14.1 Å². The number of unbranched alkanes of at least 4 members (excludes halogenated alkanes) is 20. The van der Waals surface area contributed by atoms with Crippen LogP contribution in [0, 0.1) is 0 Å². The minimum atomic E-state index is -4.61.